The normalized spacial score (nSPS) is 14.2. The van der Waals surface area contributed by atoms with E-state index in [2.05, 4.69) is 443 Å². The zero-order valence-corrected chi connectivity index (χ0v) is 77.2. The molecule has 1 spiro atoms. The molecule has 5 heteroatoms. The van der Waals surface area contributed by atoms with E-state index in [0.29, 0.717) is 0 Å². The molecule has 14 aromatic carbocycles. The molecule has 0 fully saturated rings. The number of fused-ring (bicyclic) bond motifs is 20. The summed E-state index contributed by atoms with van der Waals surface area (Å²) in [6.07, 6.45) is 3.64. The number of hydrogen-bond acceptors (Lipinski definition) is 2. The van der Waals surface area contributed by atoms with Gasteiger partial charge in [-0.3, -0.25) is 0 Å². The summed E-state index contributed by atoms with van der Waals surface area (Å²) in [4.78, 5) is 5.63. The molecule has 2 aromatic heterocycles. The van der Waals surface area contributed by atoms with Crippen molar-refractivity contribution in [2.24, 2.45) is 0 Å². The lowest BCUT2D eigenvalue weighted by atomic mass is 9.33. The zero-order valence-electron chi connectivity index (χ0n) is 77.2. The van der Waals surface area contributed by atoms with Gasteiger partial charge in [0, 0.05) is 68.8 Å². The summed E-state index contributed by atoms with van der Waals surface area (Å²) < 4.78 is 5.18. The fraction of sp³-hybridized carbons (Fsp3) is 0.294. The van der Waals surface area contributed by atoms with Crippen molar-refractivity contribution in [3.8, 4) is 55.9 Å². The predicted octanol–water partition coefficient (Wildman–Crippen LogP) is 29.3. The van der Waals surface area contributed by atoms with Gasteiger partial charge in [0.1, 0.15) is 0 Å². The van der Waals surface area contributed by atoms with Crippen molar-refractivity contribution < 1.29 is 0 Å². The van der Waals surface area contributed by atoms with Crippen LogP contribution in [0.1, 0.15) is 231 Å². The van der Waals surface area contributed by atoms with Gasteiger partial charge in [-0.05, 0) is 264 Å². The Labute approximate surface area is 738 Å². The Morgan fingerprint density at radius 2 is 0.589 bits per heavy atom. The summed E-state index contributed by atoms with van der Waals surface area (Å²) in [6, 6.07) is 111. The number of aryl methyl sites for hydroxylation is 2. The number of hydrogen-bond donors (Lipinski definition) is 0. The van der Waals surface area contributed by atoms with Gasteiger partial charge < -0.3 is 18.9 Å². The molecule has 0 atom stereocenters. The molecule has 0 saturated carbocycles. The van der Waals surface area contributed by atoms with Gasteiger partial charge in [0.05, 0.1) is 27.5 Å². The molecular weight excluding hydrogens is 1500 g/mol. The lowest BCUT2D eigenvalue weighted by Gasteiger charge is -2.45. The molecule has 0 N–H and O–H groups in total. The summed E-state index contributed by atoms with van der Waals surface area (Å²) in [5, 5.41) is 5.04. The maximum absolute atomic E-state index is 2.82. The van der Waals surface area contributed by atoms with E-state index in [9.17, 15) is 0 Å². The Hall–Kier alpha value is -11.7. The summed E-state index contributed by atoms with van der Waals surface area (Å²) in [5.74, 6) is 0. The highest BCUT2D eigenvalue weighted by molar-refractivity contribution is 7.00. The van der Waals surface area contributed by atoms with Gasteiger partial charge in [-0.25, -0.2) is 0 Å². The van der Waals surface area contributed by atoms with Crippen LogP contribution in [0.5, 0.6) is 0 Å². The smallest absolute Gasteiger partial charge is 0.252 e. The van der Waals surface area contributed by atoms with Gasteiger partial charge in [-0.1, -0.05) is 358 Å². The Kier molecular flexibility index (Phi) is 18.7. The van der Waals surface area contributed by atoms with Crippen LogP contribution in [0.2, 0.25) is 0 Å². The van der Waals surface area contributed by atoms with E-state index in [1.165, 1.54) is 205 Å². The van der Waals surface area contributed by atoms with Crippen LogP contribution in [0.4, 0.5) is 22.7 Å². The zero-order chi connectivity index (χ0) is 86.6. The van der Waals surface area contributed by atoms with Crippen molar-refractivity contribution in [2.45, 2.75) is 214 Å². The molecule has 0 unspecified atom stereocenters. The van der Waals surface area contributed by atoms with Crippen LogP contribution in [-0.4, -0.2) is 28.9 Å². The highest BCUT2D eigenvalue weighted by Gasteiger charge is 2.52. The van der Waals surface area contributed by atoms with Gasteiger partial charge in [0.25, 0.3) is 6.71 Å². The van der Waals surface area contributed by atoms with Gasteiger partial charge in [0.2, 0.25) is 0 Å². The van der Waals surface area contributed by atoms with Crippen LogP contribution in [-0.2, 0) is 56.2 Å². The molecule has 4 aliphatic rings. The third kappa shape index (κ3) is 13.2. The van der Waals surface area contributed by atoms with E-state index < -0.39 is 5.41 Å². The number of anilines is 4. The third-order valence-electron chi connectivity index (χ3n) is 28.5. The molecule has 0 bridgehead atoms. The topological polar surface area (TPSA) is 16.3 Å². The standard InChI is InChI=1S/C119H121BN4/c1-112(2,3)78-52-50-74(93(66-78)76-60-80(114(7,8)9)64-81(61-76)115(10,11)12)36-34-58-121-107-70-85(123-103-47-31-25-41-90(103)91-42-26-32-48-104(91)123)54-56-101(107)120-102-57-55-86(124-105-49-33-27-43-92(105)96-72-95-89-40-24-30-46-99(89)119(100(95)73-106(96)124)97-44-28-22-38-87(97)88-39-23-29-45-98(88)119)71-108(102)122(110-69-84(118(19,20)21)68-109(121)111(110)120)59-35-37-75-51-53-79(113(4,5)6)67-94(75)77-62-82(116(13,14)15)65-83(63-77)117(16,17)18/h22-33,38-57,60-73H,34-37,58-59H2,1-21H3. The monoisotopic (exact) mass is 1620 g/mol. The van der Waals surface area contributed by atoms with Gasteiger partial charge >= 0.3 is 0 Å². The summed E-state index contributed by atoms with van der Waals surface area (Å²) in [5.41, 5.74) is 43.8. The molecule has 0 radical (unpaired) electrons. The maximum Gasteiger partial charge on any atom is 0.252 e. The quantitative estimate of drug-likeness (QED) is 0.113. The van der Waals surface area contributed by atoms with Crippen molar-refractivity contribution in [1.82, 2.24) is 9.13 Å². The fourth-order valence-electron chi connectivity index (χ4n) is 21.6. The van der Waals surface area contributed by atoms with E-state index >= 15 is 0 Å². The minimum Gasteiger partial charge on any atom is -0.342 e. The van der Waals surface area contributed by atoms with E-state index in [0.717, 1.165) is 44.5 Å². The molecular formula is C119H121BN4. The van der Waals surface area contributed by atoms with Crippen LogP contribution >= 0.6 is 0 Å². The Balaban J connectivity index is 0.807. The van der Waals surface area contributed by atoms with Gasteiger partial charge in [-0.2, -0.15) is 0 Å². The van der Waals surface area contributed by atoms with Crippen molar-refractivity contribution in [3.05, 3.63) is 351 Å². The van der Waals surface area contributed by atoms with Crippen LogP contribution in [0.15, 0.2) is 279 Å². The van der Waals surface area contributed by atoms with Crippen LogP contribution < -0.4 is 26.2 Å². The van der Waals surface area contributed by atoms with Crippen LogP contribution in [0, 0.1) is 0 Å². The molecule has 0 amide bonds. The fourth-order valence-corrected chi connectivity index (χ4v) is 21.6. The minimum absolute atomic E-state index is 0.0330. The molecule has 124 heavy (non-hydrogen) atoms. The number of para-hydroxylation sites is 3. The lowest BCUT2D eigenvalue weighted by molar-refractivity contribution is 0.568. The minimum atomic E-state index is -0.510. The first-order chi connectivity index (χ1) is 58.9. The number of aromatic nitrogens is 2. The van der Waals surface area contributed by atoms with E-state index in [1.807, 2.05) is 0 Å². The van der Waals surface area contributed by atoms with Crippen molar-refractivity contribution in [2.75, 3.05) is 22.9 Å². The summed E-state index contributed by atoms with van der Waals surface area (Å²) >= 11 is 0. The largest absolute Gasteiger partial charge is 0.342 e. The summed E-state index contributed by atoms with van der Waals surface area (Å²) in [7, 11) is 0. The first kappa shape index (κ1) is 80.7. The molecule has 4 nitrogen and oxygen atoms in total. The number of rotatable bonds is 12. The molecule has 20 rings (SSSR count). The second kappa shape index (κ2) is 28.7. The van der Waals surface area contributed by atoms with Crippen LogP contribution in [0.3, 0.4) is 0 Å². The first-order valence-electron chi connectivity index (χ1n) is 45.9. The Morgan fingerprint density at radius 1 is 0.250 bits per heavy atom. The maximum atomic E-state index is 2.82. The third-order valence-corrected chi connectivity index (χ3v) is 28.5. The van der Waals surface area contributed by atoms with Crippen molar-refractivity contribution in [3.63, 3.8) is 0 Å². The van der Waals surface area contributed by atoms with E-state index in [4.69, 9.17) is 0 Å². The number of nitrogens with zero attached hydrogens (tertiary/aromatic N) is 4. The van der Waals surface area contributed by atoms with Gasteiger partial charge in [0.15, 0.2) is 0 Å². The van der Waals surface area contributed by atoms with E-state index in [-0.39, 0.29) is 44.6 Å². The second-order valence-corrected chi connectivity index (χ2v) is 44.0. The average Bonchev–Trinajstić information content (AvgIpc) is 1.48. The van der Waals surface area contributed by atoms with Crippen molar-refractivity contribution in [1.29, 1.82) is 0 Å². The Bertz CT molecular complexity index is 6890. The highest BCUT2D eigenvalue weighted by Crippen LogP contribution is 2.64. The molecule has 2 aliphatic carbocycles. The SMILES string of the molecule is CC(C)(C)c1cc(-c2cc(C(C)(C)C)ccc2CCCN2c3cc(-n4c5ccccc5c5ccccc54)ccc3B3c4ccc(-n5c6ccccc6c6cc7c(cc65)C5(c6ccccc6-c6ccccc65)c5ccccc5-7)cc4N(CCCc4ccc(C(C)(C)C)cc4-c4cc(C(C)(C)C)cc(C(C)(C)C)c4)c4cc(C(C)(C)C)cc2c43)cc(C(C)(C)C)c1. The number of benzene rings is 14. The second-order valence-electron chi connectivity index (χ2n) is 44.0. The molecule has 16 aromatic rings. The van der Waals surface area contributed by atoms with E-state index in [1.54, 1.807) is 0 Å². The Morgan fingerprint density at radius 3 is 0.976 bits per heavy atom. The summed E-state index contributed by atoms with van der Waals surface area (Å²) in [6.45, 7) is 51.5. The molecule has 620 valence electrons. The molecule has 2 aliphatic heterocycles. The molecule has 0 saturated heterocycles. The van der Waals surface area contributed by atoms with Crippen molar-refractivity contribution >= 4 is 89.5 Å². The highest BCUT2D eigenvalue weighted by atomic mass is 15.2. The van der Waals surface area contributed by atoms with Gasteiger partial charge in [-0.15, -0.1) is 0 Å². The van der Waals surface area contributed by atoms with Crippen LogP contribution in [0.25, 0.3) is 99.5 Å². The lowest BCUT2D eigenvalue weighted by Crippen LogP contribution is -2.62. The average molecular weight is 1620 g/mol. The molecule has 4 heterocycles. The first-order valence-corrected chi connectivity index (χ1v) is 45.9. The predicted molar refractivity (Wildman–Crippen MR) is 534 cm³/mol.